The highest BCUT2D eigenvalue weighted by Crippen LogP contribution is 2.37. The highest BCUT2D eigenvalue weighted by Gasteiger charge is 2.42. The summed E-state index contributed by atoms with van der Waals surface area (Å²) in [6.07, 6.45) is 5.23. The van der Waals surface area contributed by atoms with E-state index in [9.17, 15) is 9.59 Å². The first-order chi connectivity index (χ1) is 14.4. The van der Waals surface area contributed by atoms with E-state index in [1.807, 2.05) is 36.2 Å². The summed E-state index contributed by atoms with van der Waals surface area (Å²) in [5, 5.41) is 3.05. The van der Waals surface area contributed by atoms with Crippen LogP contribution in [0.2, 0.25) is 0 Å². The van der Waals surface area contributed by atoms with E-state index < -0.39 is 0 Å². The van der Waals surface area contributed by atoms with E-state index >= 15 is 0 Å². The van der Waals surface area contributed by atoms with Crippen molar-refractivity contribution in [1.29, 1.82) is 0 Å². The second-order valence-corrected chi connectivity index (χ2v) is 8.73. The molecule has 2 heterocycles. The van der Waals surface area contributed by atoms with Crippen LogP contribution in [-0.2, 0) is 11.2 Å². The van der Waals surface area contributed by atoms with Gasteiger partial charge in [0.2, 0.25) is 0 Å². The van der Waals surface area contributed by atoms with Gasteiger partial charge in [0, 0.05) is 65.0 Å². The zero-order valence-corrected chi connectivity index (χ0v) is 18.8. The fourth-order valence-electron chi connectivity index (χ4n) is 4.85. The number of nitrogens with one attached hydrogen (secondary N) is 1. The summed E-state index contributed by atoms with van der Waals surface area (Å²) < 4.78 is 5.26. The summed E-state index contributed by atoms with van der Waals surface area (Å²) in [7, 11) is 7.17. The number of piperidine rings is 1. The lowest BCUT2D eigenvalue weighted by molar-refractivity contribution is 0.0574. The van der Waals surface area contributed by atoms with E-state index in [1.54, 1.807) is 26.1 Å². The Hall–Kier alpha value is -2.12. The maximum absolute atomic E-state index is 12.7. The number of rotatable bonds is 8. The molecule has 2 aliphatic heterocycles. The van der Waals surface area contributed by atoms with Crippen molar-refractivity contribution in [3.63, 3.8) is 0 Å². The minimum Gasteiger partial charge on any atom is -0.383 e. The molecule has 1 aromatic carbocycles. The molecule has 0 spiro atoms. The molecule has 2 saturated heterocycles. The minimum absolute atomic E-state index is 0.00732. The molecule has 3 rings (SSSR count). The Morgan fingerprint density at radius 3 is 2.50 bits per heavy atom. The molecule has 7 nitrogen and oxygen atoms in total. The van der Waals surface area contributed by atoms with E-state index in [1.165, 1.54) is 12.8 Å². The van der Waals surface area contributed by atoms with Crippen molar-refractivity contribution in [2.45, 2.75) is 50.2 Å². The van der Waals surface area contributed by atoms with Gasteiger partial charge >= 0.3 is 6.03 Å². The Kier molecular flexibility index (Phi) is 7.72. The van der Waals surface area contributed by atoms with Crippen molar-refractivity contribution < 1.29 is 14.3 Å². The van der Waals surface area contributed by atoms with Gasteiger partial charge < -0.3 is 19.9 Å². The molecule has 166 valence electrons. The van der Waals surface area contributed by atoms with Crippen LogP contribution in [0.25, 0.3) is 0 Å². The monoisotopic (exact) mass is 416 g/mol. The van der Waals surface area contributed by atoms with Crippen molar-refractivity contribution in [1.82, 2.24) is 20.0 Å². The number of methoxy groups -OCH3 is 1. The highest BCUT2D eigenvalue weighted by molar-refractivity contribution is 5.94. The Morgan fingerprint density at radius 2 is 1.87 bits per heavy atom. The van der Waals surface area contributed by atoms with Crippen LogP contribution in [-0.4, -0.2) is 92.7 Å². The molecule has 2 bridgehead atoms. The molecule has 0 saturated carbocycles. The minimum atomic E-state index is -0.00901. The van der Waals surface area contributed by atoms with Crippen LogP contribution >= 0.6 is 0 Å². The van der Waals surface area contributed by atoms with Gasteiger partial charge in [-0.3, -0.25) is 9.69 Å². The van der Waals surface area contributed by atoms with Crippen molar-refractivity contribution in [3.8, 4) is 0 Å². The van der Waals surface area contributed by atoms with Gasteiger partial charge in [0.15, 0.2) is 0 Å². The lowest BCUT2D eigenvalue weighted by atomic mass is 9.96. The molecule has 2 aliphatic rings. The van der Waals surface area contributed by atoms with Gasteiger partial charge in [0.05, 0.1) is 6.61 Å². The predicted octanol–water partition coefficient (Wildman–Crippen LogP) is 2.21. The second kappa shape index (κ2) is 10.3. The largest absolute Gasteiger partial charge is 0.383 e. The quantitative estimate of drug-likeness (QED) is 0.706. The van der Waals surface area contributed by atoms with E-state index in [0.717, 1.165) is 31.6 Å². The number of carbonyl (C=O) groups excluding carboxylic acids is 2. The Labute approximate surface area is 180 Å². The second-order valence-electron chi connectivity index (χ2n) is 8.73. The molecule has 0 radical (unpaired) electrons. The van der Waals surface area contributed by atoms with E-state index in [-0.39, 0.29) is 11.9 Å². The zero-order valence-electron chi connectivity index (χ0n) is 18.8. The maximum Gasteiger partial charge on any atom is 0.317 e. The molecular formula is C23H36N4O3. The molecule has 1 N–H and O–H groups in total. The molecule has 2 atom stereocenters. The summed E-state index contributed by atoms with van der Waals surface area (Å²) in [6.45, 7) is 2.32. The smallest absolute Gasteiger partial charge is 0.317 e. The molecule has 7 heteroatoms. The summed E-state index contributed by atoms with van der Waals surface area (Å²) in [6, 6.07) is 9.04. The standard InChI is InChI=1S/C23H36N4O3/c1-25(2)22(28)18-7-5-6-17(14-18)10-11-24-23(29)26(3)21-15-19-8-9-20(16-21)27(19)12-13-30-4/h5-7,14,19-21H,8-13,15-16H2,1-4H3,(H,24,29). The van der Waals surface area contributed by atoms with Crippen molar-refractivity contribution in [2.24, 2.45) is 0 Å². The van der Waals surface area contributed by atoms with E-state index in [2.05, 4.69) is 10.2 Å². The number of hydrogen-bond donors (Lipinski definition) is 1. The molecular weight excluding hydrogens is 380 g/mol. The Bertz CT molecular complexity index is 725. The average Bonchev–Trinajstić information content (AvgIpc) is 2.97. The number of amides is 3. The third-order valence-corrected chi connectivity index (χ3v) is 6.55. The topological polar surface area (TPSA) is 65.1 Å². The predicted molar refractivity (Wildman–Crippen MR) is 118 cm³/mol. The number of fused-ring (bicyclic) bond motifs is 2. The number of nitrogens with zero attached hydrogens (tertiary/aromatic N) is 3. The summed E-state index contributed by atoms with van der Waals surface area (Å²) in [4.78, 5) is 30.9. The van der Waals surface area contributed by atoms with Crippen LogP contribution in [0.3, 0.4) is 0 Å². The third-order valence-electron chi connectivity index (χ3n) is 6.55. The summed E-state index contributed by atoms with van der Waals surface area (Å²) in [5.74, 6) is -0.00732. The number of hydrogen-bond acceptors (Lipinski definition) is 4. The molecule has 2 fully saturated rings. The number of carbonyl (C=O) groups is 2. The summed E-state index contributed by atoms with van der Waals surface area (Å²) >= 11 is 0. The molecule has 3 amide bonds. The van der Waals surface area contributed by atoms with Gasteiger partial charge in [0.25, 0.3) is 5.91 Å². The SMILES string of the molecule is COCCN1C2CCC1CC(N(C)C(=O)NCCc1cccc(C(=O)N(C)C)c1)C2. The maximum atomic E-state index is 12.7. The van der Waals surface area contributed by atoms with Crippen molar-refractivity contribution in [3.05, 3.63) is 35.4 Å². The van der Waals surface area contributed by atoms with Gasteiger partial charge in [0.1, 0.15) is 0 Å². The van der Waals surface area contributed by atoms with Crippen LogP contribution in [0.1, 0.15) is 41.6 Å². The molecule has 2 unspecified atom stereocenters. The fourth-order valence-corrected chi connectivity index (χ4v) is 4.85. The normalized spacial score (nSPS) is 23.3. The Morgan fingerprint density at radius 1 is 1.17 bits per heavy atom. The molecule has 30 heavy (non-hydrogen) atoms. The van der Waals surface area contributed by atoms with Crippen LogP contribution in [0.5, 0.6) is 0 Å². The number of benzene rings is 1. The van der Waals surface area contributed by atoms with Crippen LogP contribution in [0.15, 0.2) is 24.3 Å². The molecule has 1 aromatic rings. The van der Waals surface area contributed by atoms with Crippen molar-refractivity contribution >= 4 is 11.9 Å². The summed E-state index contributed by atoms with van der Waals surface area (Å²) in [5.41, 5.74) is 1.73. The highest BCUT2D eigenvalue weighted by atomic mass is 16.5. The van der Waals surface area contributed by atoms with Gasteiger partial charge in [-0.25, -0.2) is 4.79 Å². The molecule has 0 aliphatic carbocycles. The van der Waals surface area contributed by atoms with Gasteiger partial charge in [-0.2, -0.15) is 0 Å². The number of ether oxygens (including phenoxy) is 1. The fraction of sp³-hybridized carbons (Fsp3) is 0.652. The lowest BCUT2D eigenvalue weighted by Crippen LogP contribution is -2.53. The van der Waals surface area contributed by atoms with Gasteiger partial charge in [-0.1, -0.05) is 12.1 Å². The first-order valence-electron chi connectivity index (χ1n) is 11.0. The van der Waals surface area contributed by atoms with E-state index in [4.69, 9.17) is 4.74 Å². The first-order valence-corrected chi connectivity index (χ1v) is 11.0. The van der Waals surface area contributed by atoms with Gasteiger partial charge in [-0.05, 0) is 49.8 Å². The Balaban J connectivity index is 1.47. The average molecular weight is 417 g/mol. The lowest BCUT2D eigenvalue weighted by Gasteiger charge is -2.42. The first kappa shape index (κ1) is 22.6. The van der Waals surface area contributed by atoms with E-state index in [0.29, 0.717) is 36.7 Å². The van der Waals surface area contributed by atoms with Gasteiger partial charge in [-0.15, -0.1) is 0 Å². The zero-order chi connectivity index (χ0) is 21.7. The van der Waals surface area contributed by atoms with Crippen LogP contribution in [0, 0.1) is 0 Å². The number of urea groups is 1. The van der Waals surface area contributed by atoms with Crippen molar-refractivity contribution in [2.75, 3.05) is 47.9 Å². The van der Waals surface area contributed by atoms with Crippen LogP contribution < -0.4 is 5.32 Å². The van der Waals surface area contributed by atoms with Crippen LogP contribution in [0.4, 0.5) is 4.79 Å². The third kappa shape index (κ3) is 5.32. The molecule has 0 aromatic heterocycles.